The van der Waals surface area contributed by atoms with Crippen LogP contribution in [0.4, 0.5) is 0 Å². The summed E-state index contributed by atoms with van der Waals surface area (Å²) in [6.07, 6.45) is 9.64. The van der Waals surface area contributed by atoms with Crippen LogP contribution in [-0.4, -0.2) is 32.2 Å². The predicted octanol–water partition coefficient (Wildman–Crippen LogP) is 9.43. The number of carbonyl (C=O) groups is 1. The Morgan fingerprint density at radius 3 is 1.93 bits per heavy atom. The molecule has 3 heterocycles. The van der Waals surface area contributed by atoms with Crippen LogP contribution in [0.3, 0.4) is 0 Å². The van der Waals surface area contributed by atoms with Crippen molar-refractivity contribution in [3.63, 3.8) is 0 Å². The van der Waals surface area contributed by atoms with E-state index < -0.39 is 0 Å². The number of benzene rings is 2. The molecule has 0 spiro atoms. The maximum absolute atomic E-state index is 11.9. The molecule has 3 aliphatic heterocycles. The van der Waals surface area contributed by atoms with Crippen LogP contribution in [0.25, 0.3) is 0 Å². The van der Waals surface area contributed by atoms with Crippen LogP contribution < -0.4 is 9.47 Å². The minimum Gasteiger partial charge on any atom is -0.493 e. The highest BCUT2D eigenvalue weighted by Crippen LogP contribution is 2.34. The normalized spacial score (nSPS) is 15.2. The van der Waals surface area contributed by atoms with E-state index in [9.17, 15) is 4.79 Å². The molecule has 0 N–H and O–H groups in total. The van der Waals surface area contributed by atoms with Gasteiger partial charge in [-0.15, -0.1) is 0 Å². The minimum absolute atomic E-state index is 0.226. The lowest BCUT2D eigenvalue weighted by atomic mass is 9.90. The topological polar surface area (TPSA) is 44.8 Å². The first-order valence-corrected chi connectivity index (χ1v) is 15.0. The molecule has 220 valence electrons. The zero-order valence-corrected chi connectivity index (χ0v) is 26.5. The Kier molecular flexibility index (Phi) is 14.2. The van der Waals surface area contributed by atoms with Gasteiger partial charge in [0.05, 0.1) is 18.8 Å². The second-order valence-corrected chi connectivity index (χ2v) is 11.4. The highest BCUT2D eigenvalue weighted by atomic mass is 16.5. The van der Waals surface area contributed by atoms with Gasteiger partial charge >= 0.3 is 0 Å². The van der Waals surface area contributed by atoms with Gasteiger partial charge in [0, 0.05) is 31.6 Å². The van der Waals surface area contributed by atoms with E-state index in [-0.39, 0.29) is 5.78 Å². The van der Waals surface area contributed by atoms with E-state index in [1.807, 2.05) is 19.1 Å². The maximum Gasteiger partial charge on any atom is 0.170 e. The molecular weight excluding hydrogens is 496 g/mol. The molecule has 4 heteroatoms. The number of ether oxygens (including phenoxy) is 3. The summed E-state index contributed by atoms with van der Waals surface area (Å²) in [4.78, 5) is 11.9. The van der Waals surface area contributed by atoms with Crippen molar-refractivity contribution >= 4 is 5.78 Å². The molecule has 1 saturated heterocycles. The van der Waals surface area contributed by atoms with Crippen molar-refractivity contribution < 1.29 is 19.0 Å². The van der Waals surface area contributed by atoms with Crippen molar-refractivity contribution in [1.29, 1.82) is 0 Å². The third-order valence-corrected chi connectivity index (χ3v) is 7.24. The number of carbonyl (C=O) groups excluding carboxylic acids is 1. The number of hydrogen-bond donors (Lipinski definition) is 0. The van der Waals surface area contributed by atoms with Gasteiger partial charge in [-0.2, -0.15) is 0 Å². The Morgan fingerprint density at radius 1 is 0.800 bits per heavy atom. The monoisotopic (exact) mass is 548 g/mol. The Hall–Kier alpha value is -2.85. The zero-order valence-electron chi connectivity index (χ0n) is 26.5. The second-order valence-electron chi connectivity index (χ2n) is 11.4. The molecule has 0 saturated carbocycles. The summed E-state index contributed by atoms with van der Waals surface area (Å²) in [7, 11) is 0. The molecule has 40 heavy (non-hydrogen) atoms. The van der Waals surface area contributed by atoms with Crippen LogP contribution in [0.1, 0.15) is 111 Å². The van der Waals surface area contributed by atoms with E-state index >= 15 is 0 Å². The fourth-order valence-corrected chi connectivity index (χ4v) is 4.57. The van der Waals surface area contributed by atoms with Gasteiger partial charge in [0.15, 0.2) is 5.78 Å². The summed E-state index contributed by atoms with van der Waals surface area (Å²) >= 11 is 0. The van der Waals surface area contributed by atoms with Crippen molar-refractivity contribution in [3.8, 4) is 11.5 Å². The average molecular weight is 549 g/mol. The first-order chi connectivity index (χ1) is 19.1. The summed E-state index contributed by atoms with van der Waals surface area (Å²) in [6.45, 7) is 22.4. The van der Waals surface area contributed by atoms with Gasteiger partial charge in [-0.25, -0.2) is 0 Å². The molecule has 0 unspecified atom stereocenters. The van der Waals surface area contributed by atoms with Crippen LogP contribution >= 0.6 is 0 Å². The van der Waals surface area contributed by atoms with Crippen LogP contribution in [0.2, 0.25) is 0 Å². The SMILES string of the molecule is C1CCOC1.CC/C(C)=C/C=C(C)C.Cc1ccc(C(C)C)c2c1OCCC2=O.Cc1ccc(C)c2c1CCO2. The Morgan fingerprint density at radius 2 is 1.38 bits per heavy atom. The van der Waals surface area contributed by atoms with Gasteiger partial charge in [-0.05, 0) is 89.0 Å². The lowest BCUT2D eigenvalue weighted by molar-refractivity contribution is 0.0931. The highest BCUT2D eigenvalue weighted by molar-refractivity contribution is 6.01. The van der Waals surface area contributed by atoms with E-state index in [4.69, 9.17) is 14.2 Å². The number of ketones is 1. The summed E-state index contributed by atoms with van der Waals surface area (Å²) in [5, 5.41) is 0. The molecule has 0 amide bonds. The quantitative estimate of drug-likeness (QED) is 0.358. The maximum atomic E-state index is 11.9. The molecule has 3 aliphatic rings. The molecular formula is C36H52O4. The number of hydrogen-bond acceptors (Lipinski definition) is 4. The molecule has 1 fully saturated rings. The smallest absolute Gasteiger partial charge is 0.170 e. The van der Waals surface area contributed by atoms with Gasteiger partial charge in [0.1, 0.15) is 11.5 Å². The summed E-state index contributed by atoms with van der Waals surface area (Å²) < 4.78 is 16.0. The Balaban J connectivity index is 0.000000199. The van der Waals surface area contributed by atoms with Crippen molar-refractivity contribution in [3.05, 3.63) is 80.9 Å². The average Bonchev–Trinajstić information content (AvgIpc) is 3.67. The second kappa shape index (κ2) is 17.1. The van der Waals surface area contributed by atoms with Crippen LogP contribution in [0.5, 0.6) is 11.5 Å². The summed E-state index contributed by atoms with van der Waals surface area (Å²) in [5.74, 6) is 2.52. The number of allylic oxidation sites excluding steroid dienone is 4. The van der Waals surface area contributed by atoms with Crippen LogP contribution in [-0.2, 0) is 11.2 Å². The fourth-order valence-electron chi connectivity index (χ4n) is 4.57. The predicted molar refractivity (Wildman–Crippen MR) is 168 cm³/mol. The van der Waals surface area contributed by atoms with E-state index in [0.29, 0.717) is 18.9 Å². The van der Waals surface area contributed by atoms with E-state index in [0.717, 1.165) is 60.9 Å². The van der Waals surface area contributed by atoms with Crippen molar-refractivity contribution in [1.82, 2.24) is 0 Å². The molecule has 0 radical (unpaired) electrons. The third-order valence-electron chi connectivity index (χ3n) is 7.24. The molecule has 4 nitrogen and oxygen atoms in total. The van der Waals surface area contributed by atoms with Gasteiger partial charge in [0.2, 0.25) is 0 Å². The molecule has 0 atom stereocenters. The van der Waals surface area contributed by atoms with E-state index in [2.05, 4.69) is 79.7 Å². The standard InChI is InChI=1S/C13H16O2.C10H12O.C9H16.C4H8O/c1-8(2)10-5-4-9(3)13-12(10)11(14)6-7-15-13;1-7-3-4-8(2)10-9(7)5-6-11-10;1-5-9(4)7-6-8(2)3;1-2-4-5-3-1/h4-5,8H,6-7H2,1-3H3;3-4H,5-6H2,1-2H3;6-7H,5H2,1-4H3;1-4H2/b;;9-7+;. The summed E-state index contributed by atoms with van der Waals surface area (Å²) in [6, 6.07) is 8.38. The van der Waals surface area contributed by atoms with Crippen molar-refractivity contribution in [2.75, 3.05) is 26.4 Å². The van der Waals surface area contributed by atoms with Gasteiger partial charge in [-0.1, -0.05) is 68.3 Å². The fraction of sp³-hybridized carbons (Fsp3) is 0.528. The van der Waals surface area contributed by atoms with Crippen LogP contribution in [0, 0.1) is 20.8 Å². The number of aryl methyl sites for hydroxylation is 3. The molecule has 2 aromatic rings. The number of Topliss-reactive ketones (excluding diaryl/α,β-unsaturated/α-hetero) is 1. The van der Waals surface area contributed by atoms with E-state index in [1.54, 1.807) is 0 Å². The third kappa shape index (κ3) is 10.3. The number of rotatable bonds is 3. The highest BCUT2D eigenvalue weighted by Gasteiger charge is 2.24. The molecule has 2 aromatic carbocycles. The Labute approximate surface area is 243 Å². The van der Waals surface area contributed by atoms with Crippen molar-refractivity contribution in [2.45, 2.75) is 100 Å². The molecule has 5 rings (SSSR count). The molecule has 0 bridgehead atoms. The molecule has 0 aromatic heterocycles. The van der Waals surface area contributed by atoms with Gasteiger partial charge in [0.25, 0.3) is 0 Å². The zero-order chi connectivity index (χ0) is 29.7. The largest absolute Gasteiger partial charge is 0.493 e. The Bertz CT molecular complexity index is 1130. The number of fused-ring (bicyclic) bond motifs is 2. The lowest BCUT2D eigenvalue weighted by Crippen LogP contribution is -2.18. The minimum atomic E-state index is 0.226. The summed E-state index contributed by atoms with van der Waals surface area (Å²) in [5.41, 5.74) is 9.83. The lowest BCUT2D eigenvalue weighted by Gasteiger charge is -2.22. The first kappa shape index (κ1) is 33.4. The van der Waals surface area contributed by atoms with Crippen molar-refractivity contribution in [2.24, 2.45) is 0 Å². The van der Waals surface area contributed by atoms with E-state index in [1.165, 1.54) is 40.7 Å². The first-order valence-electron chi connectivity index (χ1n) is 15.0. The van der Waals surface area contributed by atoms with Gasteiger partial charge < -0.3 is 14.2 Å². The van der Waals surface area contributed by atoms with Gasteiger partial charge in [-0.3, -0.25) is 4.79 Å². The molecule has 0 aliphatic carbocycles. The van der Waals surface area contributed by atoms with Crippen LogP contribution in [0.15, 0.2) is 47.6 Å².